The lowest BCUT2D eigenvalue weighted by atomic mass is 9.95. The van der Waals surface area contributed by atoms with E-state index < -0.39 is 12.0 Å². The number of hydrogen-bond donors (Lipinski definition) is 1. The number of benzene rings is 1. The Morgan fingerprint density at radius 1 is 1.41 bits per heavy atom. The van der Waals surface area contributed by atoms with Crippen LogP contribution in [0.3, 0.4) is 0 Å². The van der Waals surface area contributed by atoms with E-state index in [0.717, 1.165) is 0 Å². The summed E-state index contributed by atoms with van der Waals surface area (Å²) < 4.78 is 5.11. The quantitative estimate of drug-likeness (QED) is 0.855. The number of nitrogens with one attached hydrogen (secondary N) is 1. The molecule has 1 aliphatic rings. The number of halogens is 2. The smallest absolute Gasteiger partial charge is 0.338 e. The Morgan fingerprint density at radius 2 is 2.09 bits per heavy atom. The van der Waals surface area contributed by atoms with Crippen molar-refractivity contribution in [1.82, 2.24) is 10.2 Å². The molecule has 1 aromatic carbocycles. The van der Waals surface area contributed by atoms with E-state index >= 15 is 0 Å². The molecule has 0 saturated carbocycles. The van der Waals surface area contributed by atoms with Gasteiger partial charge in [-0.15, -0.1) is 0 Å². The van der Waals surface area contributed by atoms with Crippen molar-refractivity contribution >= 4 is 35.2 Å². The van der Waals surface area contributed by atoms with Gasteiger partial charge in [0.05, 0.1) is 18.2 Å². The molecule has 0 spiro atoms. The van der Waals surface area contributed by atoms with Gasteiger partial charge in [0.2, 0.25) is 0 Å². The van der Waals surface area contributed by atoms with Gasteiger partial charge in [-0.1, -0.05) is 29.3 Å². The number of carbonyl (C=O) groups excluding carboxylic acids is 2. The molecule has 2 rings (SSSR count). The molecule has 118 valence electrons. The minimum atomic E-state index is -0.674. The zero-order valence-electron chi connectivity index (χ0n) is 12.4. The van der Waals surface area contributed by atoms with E-state index in [1.807, 2.05) is 0 Å². The first kappa shape index (κ1) is 16.6. The predicted octanol–water partition coefficient (Wildman–Crippen LogP) is 3.53. The number of ether oxygens (including phenoxy) is 1. The van der Waals surface area contributed by atoms with Gasteiger partial charge in [0, 0.05) is 22.8 Å². The lowest BCUT2D eigenvalue weighted by Gasteiger charge is -2.33. The van der Waals surface area contributed by atoms with Crippen LogP contribution >= 0.6 is 23.2 Å². The van der Waals surface area contributed by atoms with Gasteiger partial charge in [0.25, 0.3) is 0 Å². The van der Waals surface area contributed by atoms with Crippen LogP contribution in [0.4, 0.5) is 4.79 Å². The topological polar surface area (TPSA) is 58.6 Å². The van der Waals surface area contributed by atoms with Crippen LogP contribution in [0.15, 0.2) is 29.5 Å². The van der Waals surface area contributed by atoms with Crippen LogP contribution in [0.2, 0.25) is 10.0 Å². The maximum Gasteiger partial charge on any atom is 0.338 e. The maximum atomic E-state index is 12.3. The molecule has 7 heteroatoms. The molecule has 1 N–H and O–H groups in total. The fourth-order valence-electron chi connectivity index (χ4n) is 2.28. The van der Waals surface area contributed by atoms with Crippen LogP contribution in [0.5, 0.6) is 0 Å². The zero-order valence-corrected chi connectivity index (χ0v) is 14.0. The van der Waals surface area contributed by atoms with Crippen LogP contribution in [0.25, 0.3) is 0 Å². The number of amides is 2. The molecule has 1 heterocycles. The summed E-state index contributed by atoms with van der Waals surface area (Å²) in [7, 11) is 1.59. The van der Waals surface area contributed by atoms with Gasteiger partial charge in [-0.25, -0.2) is 9.59 Å². The van der Waals surface area contributed by atoms with Crippen molar-refractivity contribution in [2.24, 2.45) is 0 Å². The third kappa shape index (κ3) is 3.05. The van der Waals surface area contributed by atoms with Crippen LogP contribution in [0, 0.1) is 0 Å². The number of allylic oxidation sites excluding steroid dienone is 1. The standard InChI is InChI=1S/C15H16Cl2N2O3/c1-4-22-14(20)12-8(2)19(3)15(21)18-13(12)10-6-5-9(16)7-11(10)17/h5-7,13H,4H2,1-3H3,(H,18,21)/t13-/m0/s1. The van der Waals surface area contributed by atoms with Crippen molar-refractivity contribution < 1.29 is 14.3 Å². The van der Waals surface area contributed by atoms with E-state index in [0.29, 0.717) is 26.9 Å². The minimum absolute atomic E-state index is 0.244. The largest absolute Gasteiger partial charge is 0.463 e. The highest BCUT2D eigenvalue weighted by Gasteiger charge is 2.35. The number of hydrogen-bond acceptors (Lipinski definition) is 3. The molecule has 0 bridgehead atoms. The molecule has 0 radical (unpaired) electrons. The molecule has 5 nitrogen and oxygen atoms in total. The van der Waals surface area contributed by atoms with Crippen molar-refractivity contribution in [3.63, 3.8) is 0 Å². The van der Waals surface area contributed by atoms with Crippen LogP contribution in [-0.4, -0.2) is 30.6 Å². The molecule has 0 fully saturated rings. The molecule has 22 heavy (non-hydrogen) atoms. The molecule has 0 aliphatic carbocycles. The highest BCUT2D eigenvalue weighted by atomic mass is 35.5. The Balaban J connectivity index is 2.55. The van der Waals surface area contributed by atoms with E-state index in [2.05, 4.69) is 5.32 Å². The Hall–Kier alpha value is -1.72. The van der Waals surface area contributed by atoms with Crippen LogP contribution in [-0.2, 0) is 9.53 Å². The first-order valence-electron chi connectivity index (χ1n) is 6.73. The SMILES string of the molecule is CCOC(=O)C1=C(C)N(C)C(=O)N[C@H]1c1ccc(Cl)cc1Cl. The van der Waals surface area contributed by atoms with Crippen molar-refractivity contribution in [2.75, 3.05) is 13.7 Å². The molecule has 1 aromatic rings. The second-order valence-electron chi connectivity index (χ2n) is 4.83. The fourth-order valence-corrected chi connectivity index (χ4v) is 2.80. The maximum absolute atomic E-state index is 12.3. The lowest BCUT2D eigenvalue weighted by molar-refractivity contribution is -0.139. The number of esters is 1. The molecule has 0 saturated heterocycles. The predicted molar refractivity (Wildman–Crippen MR) is 84.8 cm³/mol. The summed E-state index contributed by atoms with van der Waals surface area (Å²) in [6.45, 7) is 3.67. The van der Waals surface area contributed by atoms with E-state index in [1.165, 1.54) is 4.90 Å². The van der Waals surface area contributed by atoms with Gasteiger partial charge in [-0.3, -0.25) is 0 Å². The van der Waals surface area contributed by atoms with Crippen molar-refractivity contribution in [2.45, 2.75) is 19.9 Å². The molecule has 0 aromatic heterocycles. The monoisotopic (exact) mass is 342 g/mol. The third-order valence-corrected chi connectivity index (χ3v) is 4.09. The Kier molecular flexibility index (Phi) is 4.98. The second-order valence-corrected chi connectivity index (χ2v) is 5.67. The Bertz CT molecular complexity index is 658. The van der Waals surface area contributed by atoms with Crippen LogP contribution in [0.1, 0.15) is 25.5 Å². The molecule has 2 amide bonds. The third-order valence-electron chi connectivity index (χ3n) is 3.52. The van der Waals surface area contributed by atoms with Gasteiger partial charge in [0.15, 0.2) is 0 Å². The Morgan fingerprint density at radius 3 is 2.68 bits per heavy atom. The minimum Gasteiger partial charge on any atom is -0.463 e. The van der Waals surface area contributed by atoms with Gasteiger partial charge in [-0.05, 0) is 31.5 Å². The molecule has 1 aliphatic heterocycles. The average Bonchev–Trinajstić information content (AvgIpc) is 2.44. The molecule has 1 atom stereocenters. The summed E-state index contributed by atoms with van der Waals surface area (Å²) in [5.74, 6) is -0.483. The summed E-state index contributed by atoms with van der Waals surface area (Å²) >= 11 is 12.1. The van der Waals surface area contributed by atoms with Gasteiger partial charge < -0.3 is 15.0 Å². The number of rotatable bonds is 3. The first-order chi connectivity index (χ1) is 10.4. The lowest BCUT2D eigenvalue weighted by Crippen LogP contribution is -2.46. The van der Waals surface area contributed by atoms with Crippen molar-refractivity contribution in [3.8, 4) is 0 Å². The molecular weight excluding hydrogens is 327 g/mol. The van der Waals surface area contributed by atoms with Gasteiger partial charge in [-0.2, -0.15) is 0 Å². The normalized spacial score (nSPS) is 18.3. The van der Waals surface area contributed by atoms with E-state index in [4.69, 9.17) is 27.9 Å². The average molecular weight is 343 g/mol. The Labute approximate surface area is 138 Å². The highest BCUT2D eigenvalue weighted by Crippen LogP contribution is 2.35. The van der Waals surface area contributed by atoms with Crippen molar-refractivity contribution in [3.05, 3.63) is 45.1 Å². The number of nitrogens with zero attached hydrogens (tertiary/aromatic N) is 1. The highest BCUT2D eigenvalue weighted by molar-refractivity contribution is 6.35. The fraction of sp³-hybridized carbons (Fsp3) is 0.333. The van der Waals surface area contributed by atoms with Gasteiger partial charge in [0.1, 0.15) is 0 Å². The zero-order chi connectivity index (χ0) is 16.4. The molecule has 0 unspecified atom stereocenters. The summed E-state index contributed by atoms with van der Waals surface area (Å²) in [5, 5.41) is 3.61. The number of urea groups is 1. The second kappa shape index (κ2) is 6.58. The van der Waals surface area contributed by atoms with Crippen molar-refractivity contribution in [1.29, 1.82) is 0 Å². The summed E-state index contributed by atoms with van der Waals surface area (Å²) in [6, 6.07) is 3.92. The summed E-state index contributed by atoms with van der Waals surface area (Å²) in [6.07, 6.45) is 0. The first-order valence-corrected chi connectivity index (χ1v) is 7.49. The van der Waals surface area contributed by atoms with E-state index in [9.17, 15) is 9.59 Å². The summed E-state index contributed by atoms with van der Waals surface area (Å²) in [5.41, 5.74) is 1.47. The van der Waals surface area contributed by atoms with Gasteiger partial charge >= 0.3 is 12.0 Å². The van der Waals surface area contributed by atoms with E-state index in [-0.39, 0.29) is 12.6 Å². The molecular formula is C15H16Cl2N2O3. The van der Waals surface area contributed by atoms with Crippen LogP contribution < -0.4 is 5.32 Å². The summed E-state index contributed by atoms with van der Waals surface area (Å²) in [4.78, 5) is 25.7. The van der Waals surface area contributed by atoms with E-state index in [1.54, 1.807) is 39.1 Å². The number of carbonyl (C=O) groups is 2.